The molecule has 8 nitrogen and oxygen atoms in total. The predicted octanol–water partition coefficient (Wildman–Crippen LogP) is 2.37. The van der Waals surface area contributed by atoms with Crippen LogP contribution in [0.4, 0.5) is 4.79 Å². The van der Waals surface area contributed by atoms with Crippen molar-refractivity contribution in [1.29, 1.82) is 0 Å². The number of amides is 4. The summed E-state index contributed by atoms with van der Waals surface area (Å²) in [6.45, 7) is 0.641. The second-order valence-electron chi connectivity index (χ2n) is 8.78. The minimum absolute atomic E-state index is 0.250. The zero-order valence-electron chi connectivity index (χ0n) is 18.8. The average molecular weight is 450 g/mol. The van der Waals surface area contributed by atoms with Gasteiger partial charge in [-0.05, 0) is 60.1 Å². The van der Waals surface area contributed by atoms with E-state index in [1.807, 2.05) is 36.4 Å². The number of benzene rings is 2. The fourth-order valence-electron chi connectivity index (χ4n) is 5.29. The average Bonchev–Trinajstić information content (AvgIpc) is 3.07. The van der Waals surface area contributed by atoms with Gasteiger partial charge in [-0.3, -0.25) is 14.5 Å². The minimum atomic E-state index is -1.06. The van der Waals surface area contributed by atoms with E-state index in [1.54, 1.807) is 19.1 Å². The Morgan fingerprint density at radius 3 is 2.52 bits per heavy atom. The molecule has 4 amide bonds. The molecule has 1 spiro atoms. The maximum atomic E-state index is 13.5. The second-order valence-corrected chi connectivity index (χ2v) is 8.78. The lowest BCUT2D eigenvalue weighted by atomic mass is 9.76. The Bertz CT molecular complexity index is 1150. The molecule has 1 saturated heterocycles. The van der Waals surface area contributed by atoms with E-state index in [4.69, 9.17) is 9.47 Å². The van der Waals surface area contributed by atoms with Crippen molar-refractivity contribution in [3.63, 3.8) is 0 Å². The molecule has 2 aromatic carbocycles. The molecule has 8 heteroatoms. The van der Waals surface area contributed by atoms with Gasteiger partial charge in [0, 0.05) is 13.1 Å². The summed E-state index contributed by atoms with van der Waals surface area (Å²) in [6.07, 6.45) is 2.89. The maximum Gasteiger partial charge on any atom is 0.325 e. The number of aryl methyl sites for hydroxylation is 1. The number of methoxy groups -OCH3 is 2. The summed E-state index contributed by atoms with van der Waals surface area (Å²) < 4.78 is 10.8. The van der Waals surface area contributed by atoms with Crippen LogP contribution < -0.4 is 14.8 Å². The molecule has 33 heavy (non-hydrogen) atoms. The van der Waals surface area contributed by atoms with E-state index in [9.17, 15) is 14.4 Å². The molecule has 0 radical (unpaired) electrons. The lowest BCUT2D eigenvalue weighted by molar-refractivity contribution is -0.140. The van der Waals surface area contributed by atoms with Crippen molar-refractivity contribution in [1.82, 2.24) is 15.1 Å². The van der Waals surface area contributed by atoms with Crippen molar-refractivity contribution in [2.24, 2.45) is 0 Å². The van der Waals surface area contributed by atoms with Crippen LogP contribution in [0.3, 0.4) is 0 Å². The molecule has 2 aliphatic heterocycles. The van der Waals surface area contributed by atoms with Gasteiger partial charge in [0.1, 0.15) is 12.1 Å². The minimum Gasteiger partial charge on any atom is -0.493 e. The first kappa shape index (κ1) is 21.3. The lowest BCUT2D eigenvalue weighted by Gasteiger charge is -2.33. The molecule has 2 heterocycles. The molecule has 1 N–H and O–H groups in total. The quantitative estimate of drug-likeness (QED) is 0.724. The summed E-state index contributed by atoms with van der Waals surface area (Å²) in [5, 5.41) is 2.91. The third-order valence-corrected chi connectivity index (χ3v) is 7.01. The summed E-state index contributed by atoms with van der Waals surface area (Å²) in [7, 11) is 3.17. The number of carbonyl (C=O) groups is 3. The van der Waals surface area contributed by atoms with E-state index in [-0.39, 0.29) is 18.4 Å². The van der Waals surface area contributed by atoms with Crippen LogP contribution in [-0.4, -0.2) is 55.0 Å². The number of carbonyl (C=O) groups excluding carboxylic acids is 3. The molecular weight excluding hydrogens is 422 g/mol. The number of fused-ring (bicyclic) bond motifs is 3. The van der Waals surface area contributed by atoms with E-state index in [1.165, 1.54) is 0 Å². The zero-order valence-corrected chi connectivity index (χ0v) is 18.8. The van der Waals surface area contributed by atoms with E-state index in [2.05, 4.69) is 5.32 Å². The molecule has 1 aliphatic carbocycles. The van der Waals surface area contributed by atoms with Crippen molar-refractivity contribution in [3.8, 4) is 11.5 Å². The van der Waals surface area contributed by atoms with Gasteiger partial charge in [0.25, 0.3) is 5.91 Å². The van der Waals surface area contributed by atoms with Gasteiger partial charge in [0.05, 0.1) is 14.2 Å². The Morgan fingerprint density at radius 2 is 1.76 bits per heavy atom. The molecule has 2 aromatic rings. The van der Waals surface area contributed by atoms with Crippen molar-refractivity contribution in [3.05, 3.63) is 58.7 Å². The molecular formula is C25H27N3O5. The smallest absolute Gasteiger partial charge is 0.325 e. The molecule has 0 aromatic heterocycles. The van der Waals surface area contributed by atoms with Crippen molar-refractivity contribution in [2.75, 3.05) is 27.3 Å². The first-order chi connectivity index (χ1) is 16.0. The molecule has 3 aliphatic rings. The SMILES string of the molecule is COc1cc2c(cc1OC)CN(C(=O)CN1C(=O)N[C@@]3(CCCc4ccccc43)C1=O)CC2. The van der Waals surface area contributed by atoms with Crippen molar-refractivity contribution in [2.45, 2.75) is 37.8 Å². The van der Waals surface area contributed by atoms with Gasteiger partial charge in [-0.1, -0.05) is 24.3 Å². The highest BCUT2D eigenvalue weighted by atomic mass is 16.5. The Labute approximate surface area is 192 Å². The number of hydrogen-bond acceptors (Lipinski definition) is 5. The molecule has 1 fully saturated rings. The Hall–Kier alpha value is -3.55. The zero-order chi connectivity index (χ0) is 23.2. The Kier molecular flexibility index (Phi) is 5.23. The number of urea groups is 1. The molecule has 0 bridgehead atoms. The van der Waals surface area contributed by atoms with Gasteiger partial charge >= 0.3 is 6.03 Å². The van der Waals surface area contributed by atoms with E-state index >= 15 is 0 Å². The second kappa shape index (κ2) is 8.10. The van der Waals surface area contributed by atoms with E-state index in [0.29, 0.717) is 37.4 Å². The van der Waals surface area contributed by atoms with Gasteiger partial charge in [-0.15, -0.1) is 0 Å². The van der Waals surface area contributed by atoms with E-state index in [0.717, 1.165) is 40.0 Å². The van der Waals surface area contributed by atoms with Crippen LogP contribution in [0.5, 0.6) is 11.5 Å². The molecule has 0 saturated carbocycles. The topological polar surface area (TPSA) is 88.2 Å². The van der Waals surface area contributed by atoms with Crippen LogP contribution in [0.1, 0.15) is 35.1 Å². The molecule has 172 valence electrons. The van der Waals surface area contributed by atoms with Crippen LogP contribution in [0, 0.1) is 0 Å². The van der Waals surface area contributed by atoms with Crippen LogP contribution in [0.2, 0.25) is 0 Å². The van der Waals surface area contributed by atoms with Crippen LogP contribution in [0.25, 0.3) is 0 Å². The third kappa shape index (κ3) is 3.41. The normalized spacial score (nSPS) is 21.5. The third-order valence-electron chi connectivity index (χ3n) is 7.01. The van der Waals surface area contributed by atoms with E-state index < -0.39 is 11.6 Å². The van der Waals surface area contributed by atoms with Crippen LogP contribution in [0.15, 0.2) is 36.4 Å². The van der Waals surface area contributed by atoms with Gasteiger partial charge in [0.15, 0.2) is 11.5 Å². The first-order valence-electron chi connectivity index (χ1n) is 11.2. The summed E-state index contributed by atoms with van der Waals surface area (Å²) in [6, 6.07) is 11.0. The summed E-state index contributed by atoms with van der Waals surface area (Å²) in [4.78, 5) is 42.2. The Balaban J connectivity index is 1.34. The highest BCUT2D eigenvalue weighted by molar-refractivity contribution is 6.09. The number of imide groups is 1. The number of ether oxygens (including phenoxy) is 2. The maximum absolute atomic E-state index is 13.5. The number of rotatable bonds is 4. The number of nitrogens with zero attached hydrogens (tertiary/aromatic N) is 2. The molecule has 0 unspecified atom stereocenters. The van der Waals surface area contributed by atoms with Crippen LogP contribution in [-0.2, 0) is 34.5 Å². The largest absolute Gasteiger partial charge is 0.493 e. The molecule has 5 rings (SSSR count). The highest BCUT2D eigenvalue weighted by Crippen LogP contribution is 2.40. The lowest BCUT2D eigenvalue weighted by Crippen LogP contribution is -2.48. The summed E-state index contributed by atoms with van der Waals surface area (Å²) >= 11 is 0. The number of nitrogens with one attached hydrogen (secondary N) is 1. The summed E-state index contributed by atoms with van der Waals surface area (Å²) in [5.41, 5.74) is 2.93. The number of hydrogen-bond donors (Lipinski definition) is 1. The van der Waals surface area contributed by atoms with Gasteiger partial charge in [-0.2, -0.15) is 0 Å². The standard InChI is InChI=1S/C25H27N3O5/c1-32-20-12-17-9-11-27(14-18(17)13-21(20)33-2)22(29)15-28-23(30)25(26-24(28)31)10-5-7-16-6-3-4-8-19(16)25/h3-4,6,8,12-13H,5,7,9-11,14-15H2,1-2H3,(H,26,31)/t25-/m1/s1. The van der Waals surface area contributed by atoms with Gasteiger partial charge < -0.3 is 19.7 Å². The van der Waals surface area contributed by atoms with Crippen LogP contribution >= 0.6 is 0 Å². The predicted molar refractivity (Wildman–Crippen MR) is 120 cm³/mol. The molecule has 1 atom stereocenters. The fourth-order valence-corrected chi connectivity index (χ4v) is 5.29. The summed E-state index contributed by atoms with van der Waals surface area (Å²) in [5.74, 6) is 0.683. The van der Waals surface area contributed by atoms with Gasteiger partial charge in [0.2, 0.25) is 5.91 Å². The van der Waals surface area contributed by atoms with Crippen molar-refractivity contribution >= 4 is 17.8 Å². The van der Waals surface area contributed by atoms with Gasteiger partial charge in [-0.25, -0.2) is 4.79 Å². The van der Waals surface area contributed by atoms with Crippen molar-refractivity contribution < 1.29 is 23.9 Å². The fraction of sp³-hybridized carbons (Fsp3) is 0.400. The first-order valence-corrected chi connectivity index (χ1v) is 11.2. The highest BCUT2D eigenvalue weighted by Gasteiger charge is 2.54. The Morgan fingerprint density at radius 1 is 1.03 bits per heavy atom. The monoisotopic (exact) mass is 449 g/mol.